The van der Waals surface area contributed by atoms with Crippen LogP contribution in [0.15, 0.2) is 30.5 Å². The highest BCUT2D eigenvalue weighted by Gasteiger charge is 2.46. The average Bonchev–Trinajstić information content (AvgIpc) is 3.03. The van der Waals surface area contributed by atoms with Crippen LogP contribution in [0.3, 0.4) is 0 Å². The molecule has 2 aromatic rings. The number of fused-ring (bicyclic) bond motifs is 2. The first-order chi connectivity index (χ1) is 11.2. The molecule has 2 atom stereocenters. The van der Waals surface area contributed by atoms with Crippen molar-refractivity contribution in [1.29, 1.82) is 0 Å². The van der Waals surface area contributed by atoms with Crippen molar-refractivity contribution in [1.82, 2.24) is 14.8 Å². The zero-order chi connectivity index (χ0) is 15.9. The number of H-pyrrole nitrogens is 1. The van der Waals surface area contributed by atoms with Crippen LogP contribution in [-0.2, 0) is 6.54 Å². The molecule has 0 amide bonds. The number of nitrogens with one attached hydrogen (secondary N) is 1. The summed E-state index contributed by atoms with van der Waals surface area (Å²) in [6.45, 7) is 4.67. The Kier molecular flexibility index (Phi) is 3.92. The molecule has 23 heavy (non-hydrogen) atoms. The largest absolute Gasteiger partial charge is 0.396 e. The van der Waals surface area contributed by atoms with Gasteiger partial charge in [0.15, 0.2) is 0 Å². The number of hydrogen-bond acceptors (Lipinski definition) is 3. The smallest absolute Gasteiger partial charge is 0.0503 e. The third-order valence-corrected chi connectivity index (χ3v) is 6.12. The van der Waals surface area contributed by atoms with E-state index in [0.717, 1.165) is 32.6 Å². The molecule has 1 aromatic carbocycles. The molecule has 0 spiro atoms. The van der Waals surface area contributed by atoms with E-state index in [1.165, 1.54) is 29.3 Å². The van der Waals surface area contributed by atoms with E-state index < -0.39 is 0 Å². The normalized spacial score (nSPS) is 29.7. The second kappa shape index (κ2) is 5.93. The molecule has 2 saturated heterocycles. The highest BCUT2D eigenvalue weighted by atomic mass is 16.3. The lowest BCUT2D eigenvalue weighted by Gasteiger charge is -2.53. The number of rotatable bonds is 3. The molecule has 0 unspecified atom stereocenters. The molecule has 124 valence electrons. The highest BCUT2D eigenvalue weighted by Crippen LogP contribution is 2.41. The van der Waals surface area contributed by atoms with E-state index in [-0.39, 0.29) is 5.41 Å². The van der Waals surface area contributed by atoms with Gasteiger partial charge in [0.05, 0.1) is 6.61 Å². The fourth-order valence-corrected chi connectivity index (χ4v) is 4.68. The maximum atomic E-state index is 10.0. The number of hydrogen-bond donors (Lipinski definition) is 2. The van der Waals surface area contributed by atoms with Gasteiger partial charge < -0.3 is 15.0 Å². The van der Waals surface area contributed by atoms with Crippen molar-refractivity contribution < 1.29 is 5.11 Å². The molecule has 2 fully saturated rings. The first-order valence-corrected chi connectivity index (χ1v) is 8.80. The van der Waals surface area contributed by atoms with E-state index in [4.69, 9.17) is 0 Å². The van der Waals surface area contributed by atoms with Crippen LogP contribution < -0.4 is 0 Å². The summed E-state index contributed by atoms with van der Waals surface area (Å²) in [5.41, 5.74) is 2.72. The molecular weight excluding hydrogens is 286 g/mol. The van der Waals surface area contributed by atoms with Crippen LogP contribution in [0.4, 0.5) is 0 Å². The summed E-state index contributed by atoms with van der Waals surface area (Å²) in [6, 6.07) is 9.34. The molecule has 4 heteroatoms. The van der Waals surface area contributed by atoms with Gasteiger partial charge in [-0.15, -0.1) is 0 Å². The highest BCUT2D eigenvalue weighted by molar-refractivity contribution is 5.79. The van der Waals surface area contributed by atoms with E-state index >= 15 is 0 Å². The molecule has 4 nitrogen and oxygen atoms in total. The van der Waals surface area contributed by atoms with E-state index in [2.05, 4.69) is 46.1 Å². The van der Waals surface area contributed by atoms with Gasteiger partial charge in [-0.1, -0.05) is 6.07 Å². The third-order valence-electron chi connectivity index (χ3n) is 6.12. The van der Waals surface area contributed by atoms with Crippen molar-refractivity contribution in [3.63, 3.8) is 0 Å². The maximum Gasteiger partial charge on any atom is 0.0503 e. The minimum Gasteiger partial charge on any atom is -0.396 e. The Labute approximate surface area is 138 Å². The standard InChI is InChI=1S/C19H27N3O/c1-21-9-2-6-19(14-23)7-10-22(13-18(19)21)12-15-3-4-17-16(11-15)5-8-20-17/h3-5,8,11,18,20,23H,2,6-7,9-10,12-14H2,1H3/t18-,19-/m1/s1. The van der Waals surface area contributed by atoms with Gasteiger partial charge in [-0.05, 0) is 68.5 Å². The van der Waals surface area contributed by atoms with Gasteiger partial charge in [-0.3, -0.25) is 4.90 Å². The van der Waals surface area contributed by atoms with Gasteiger partial charge in [0.2, 0.25) is 0 Å². The fourth-order valence-electron chi connectivity index (χ4n) is 4.68. The first-order valence-electron chi connectivity index (χ1n) is 8.80. The van der Waals surface area contributed by atoms with Gasteiger partial charge in [0, 0.05) is 36.3 Å². The lowest BCUT2D eigenvalue weighted by Crippen LogP contribution is -2.61. The Hall–Kier alpha value is -1.36. The lowest BCUT2D eigenvalue weighted by atomic mass is 9.69. The number of aromatic amines is 1. The molecule has 0 saturated carbocycles. The number of piperidine rings is 2. The van der Waals surface area contributed by atoms with Gasteiger partial charge in [-0.2, -0.15) is 0 Å². The Morgan fingerprint density at radius 1 is 1.26 bits per heavy atom. The molecule has 0 bridgehead atoms. The molecule has 0 radical (unpaired) electrons. The van der Waals surface area contributed by atoms with Crippen LogP contribution in [0.25, 0.3) is 10.9 Å². The van der Waals surface area contributed by atoms with Crippen molar-refractivity contribution in [2.75, 3.05) is 33.3 Å². The minimum absolute atomic E-state index is 0.133. The Morgan fingerprint density at radius 2 is 2.17 bits per heavy atom. The number of likely N-dealkylation sites (tertiary alicyclic amines) is 2. The molecule has 2 aliphatic heterocycles. The van der Waals surface area contributed by atoms with Gasteiger partial charge in [0.25, 0.3) is 0 Å². The van der Waals surface area contributed by atoms with Crippen LogP contribution in [0, 0.1) is 5.41 Å². The van der Waals surface area contributed by atoms with Crippen LogP contribution in [0.1, 0.15) is 24.8 Å². The third kappa shape index (κ3) is 2.69. The number of likely N-dealkylation sites (N-methyl/N-ethyl adjacent to an activating group) is 1. The molecule has 1 aromatic heterocycles. The summed E-state index contributed by atoms with van der Waals surface area (Å²) < 4.78 is 0. The number of nitrogens with zero attached hydrogens (tertiary/aromatic N) is 2. The van der Waals surface area contributed by atoms with Crippen LogP contribution in [-0.4, -0.2) is 59.2 Å². The number of benzene rings is 1. The Bertz CT molecular complexity index is 682. The molecule has 2 aliphatic rings. The van der Waals surface area contributed by atoms with Crippen LogP contribution in [0.5, 0.6) is 0 Å². The quantitative estimate of drug-likeness (QED) is 0.915. The van der Waals surface area contributed by atoms with Crippen LogP contribution >= 0.6 is 0 Å². The zero-order valence-electron chi connectivity index (χ0n) is 14.0. The van der Waals surface area contributed by atoms with Gasteiger partial charge >= 0.3 is 0 Å². The van der Waals surface area contributed by atoms with E-state index in [1.54, 1.807) is 0 Å². The van der Waals surface area contributed by atoms with Gasteiger partial charge in [-0.25, -0.2) is 0 Å². The van der Waals surface area contributed by atoms with E-state index in [9.17, 15) is 5.11 Å². The molecule has 0 aliphatic carbocycles. The predicted octanol–water partition coefficient (Wildman–Crippen LogP) is 2.45. The van der Waals surface area contributed by atoms with Crippen molar-refractivity contribution >= 4 is 10.9 Å². The lowest BCUT2D eigenvalue weighted by molar-refractivity contribution is -0.0684. The molecular formula is C19H27N3O. The average molecular weight is 313 g/mol. The summed E-state index contributed by atoms with van der Waals surface area (Å²) in [5.74, 6) is 0. The van der Waals surface area contributed by atoms with Crippen molar-refractivity contribution in [3.8, 4) is 0 Å². The molecule has 3 heterocycles. The number of aliphatic hydroxyl groups excluding tert-OH is 1. The topological polar surface area (TPSA) is 42.5 Å². The SMILES string of the molecule is CN1CCC[C@]2(CO)CCN(Cc3ccc4[nH]ccc4c3)C[C@@H]12. The number of aromatic nitrogens is 1. The monoisotopic (exact) mass is 313 g/mol. The summed E-state index contributed by atoms with van der Waals surface area (Å²) in [5, 5.41) is 11.3. The number of aliphatic hydroxyl groups is 1. The minimum atomic E-state index is 0.133. The molecule has 4 rings (SSSR count). The van der Waals surface area contributed by atoms with E-state index in [0.29, 0.717) is 12.6 Å². The molecule has 2 N–H and O–H groups in total. The first kappa shape index (κ1) is 15.2. The summed E-state index contributed by atoms with van der Waals surface area (Å²) in [6.07, 6.45) is 5.52. The van der Waals surface area contributed by atoms with Crippen molar-refractivity contribution in [2.24, 2.45) is 5.41 Å². The van der Waals surface area contributed by atoms with Crippen molar-refractivity contribution in [2.45, 2.75) is 31.8 Å². The van der Waals surface area contributed by atoms with E-state index in [1.807, 2.05) is 6.20 Å². The Morgan fingerprint density at radius 3 is 3.04 bits per heavy atom. The van der Waals surface area contributed by atoms with Gasteiger partial charge in [0.1, 0.15) is 0 Å². The van der Waals surface area contributed by atoms with Crippen molar-refractivity contribution in [3.05, 3.63) is 36.0 Å². The predicted molar refractivity (Wildman–Crippen MR) is 93.4 cm³/mol. The second-order valence-electron chi connectivity index (χ2n) is 7.50. The summed E-state index contributed by atoms with van der Waals surface area (Å²) >= 11 is 0. The second-order valence-corrected chi connectivity index (χ2v) is 7.50. The summed E-state index contributed by atoms with van der Waals surface area (Å²) in [4.78, 5) is 8.30. The Balaban J connectivity index is 1.50. The maximum absolute atomic E-state index is 10.0. The fraction of sp³-hybridized carbons (Fsp3) is 0.579. The summed E-state index contributed by atoms with van der Waals surface area (Å²) in [7, 11) is 2.23. The zero-order valence-corrected chi connectivity index (χ0v) is 14.0. The van der Waals surface area contributed by atoms with Crippen LogP contribution in [0.2, 0.25) is 0 Å².